The Morgan fingerprint density at radius 3 is 2.80 bits per heavy atom. The highest BCUT2D eigenvalue weighted by atomic mass is 16.5. The van der Waals surface area contributed by atoms with Gasteiger partial charge in [0.1, 0.15) is 0 Å². The Labute approximate surface area is 121 Å². The van der Waals surface area contributed by atoms with E-state index < -0.39 is 0 Å². The van der Waals surface area contributed by atoms with Crippen molar-refractivity contribution in [1.29, 1.82) is 0 Å². The van der Waals surface area contributed by atoms with Crippen molar-refractivity contribution >= 4 is 5.91 Å². The lowest BCUT2D eigenvalue weighted by Crippen LogP contribution is -2.51. The predicted molar refractivity (Wildman–Crippen MR) is 77.4 cm³/mol. The number of hydrogen-bond acceptors (Lipinski definition) is 4. The molecule has 2 N–H and O–H groups in total. The maximum Gasteiger partial charge on any atom is 0.222 e. The number of amides is 1. The quantitative estimate of drug-likeness (QED) is 0.826. The number of hydrogen-bond donors (Lipinski definition) is 1. The summed E-state index contributed by atoms with van der Waals surface area (Å²) in [5.41, 5.74) is 5.81. The van der Waals surface area contributed by atoms with Crippen LogP contribution < -0.4 is 5.73 Å². The lowest BCUT2D eigenvalue weighted by molar-refractivity contribution is -0.137. The molecule has 0 aromatic rings. The number of piperidine rings is 1. The third kappa shape index (κ3) is 3.93. The minimum Gasteiger partial charge on any atom is -0.381 e. The van der Waals surface area contributed by atoms with Crippen molar-refractivity contribution in [3.8, 4) is 0 Å². The smallest absolute Gasteiger partial charge is 0.222 e. The van der Waals surface area contributed by atoms with Crippen molar-refractivity contribution < 1.29 is 14.3 Å². The van der Waals surface area contributed by atoms with Gasteiger partial charge in [-0.25, -0.2) is 0 Å². The Bertz CT molecular complexity index is 324. The molecule has 20 heavy (non-hydrogen) atoms. The molecule has 2 fully saturated rings. The molecular formula is C15H28N2O3. The molecule has 0 unspecified atom stereocenters. The molecule has 0 aliphatic carbocycles. The Hall–Kier alpha value is -0.650. The van der Waals surface area contributed by atoms with Gasteiger partial charge in [-0.3, -0.25) is 4.79 Å². The van der Waals surface area contributed by atoms with Gasteiger partial charge >= 0.3 is 0 Å². The van der Waals surface area contributed by atoms with Crippen LogP contribution in [0.25, 0.3) is 0 Å². The Kier molecular flexibility index (Phi) is 5.81. The predicted octanol–water partition coefficient (Wildman–Crippen LogP) is 1.30. The van der Waals surface area contributed by atoms with Crippen LogP contribution in [0.1, 0.15) is 45.4 Å². The summed E-state index contributed by atoms with van der Waals surface area (Å²) in [5.74, 6) is 0.221. The highest BCUT2D eigenvalue weighted by Crippen LogP contribution is 2.24. The maximum atomic E-state index is 12.4. The van der Waals surface area contributed by atoms with Crippen molar-refractivity contribution in [2.24, 2.45) is 5.73 Å². The number of ether oxygens (including phenoxy) is 2. The molecule has 2 aliphatic heterocycles. The first-order chi connectivity index (χ1) is 9.63. The average molecular weight is 284 g/mol. The molecule has 0 saturated carbocycles. The minimum absolute atomic E-state index is 0.129. The summed E-state index contributed by atoms with van der Waals surface area (Å²) in [4.78, 5) is 14.3. The Morgan fingerprint density at radius 1 is 1.40 bits per heavy atom. The van der Waals surface area contributed by atoms with E-state index >= 15 is 0 Å². The van der Waals surface area contributed by atoms with E-state index in [-0.39, 0.29) is 24.2 Å². The van der Waals surface area contributed by atoms with Crippen molar-refractivity contribution in [2.75, 3.05) is 20.2 Å². The molecule has 2 rings (SSSR count). The summed E-state index contributed by atoms with van der Waals surface area (Å²) >= 11 is 0. The van der Waals surface area contributed by atoms with E-state index in [1.54, 1.807) is 7.11 Å². The standard InChI is InChI=1S/C15H28N2O3/c1-11-3-4-13(20-11)5-6-15(18)17-8-7-14(19-2)9-12(17)10-16/h11-14H,3-10,16H2,1-2H3/t11-,12+,13+,14-/m1/s1. The second-order valence-corrected chi connectivity index (χ2v) is 6.04. The Morgan fingerprint density at radius 2 is 2.20 bits per heavy atom. The number of carbonyl (C=O) groups is 1. The molecule has 116 valence electrons. The fourth-order valence-corrected chi connectivity index (χ4v) is 3.31. The maximum absolute atomic E-state index is 12.4. The van der Waals surface area contributed by atoms with Crippen LogP contribution in [0.4, 0.5) is 0 Å². The third-order valence-electron chi connectivity index (χ3n) is 4.59. The molecule has 2 saturated heterocycles. The van der Waals surface area contributed by atoms with E-state index in [0.29, 0.717) is 19.1 Å². The van der Waals surface area contributed by atoms with Gasteiger partial charge < -0.3 is 20.1 Å². The second-order valence-electron chi connectivity index (χ2n) is 6.04. The van der Waals surface area contributed by atoms with Gasteiger partial charge in [0.15, 0.2) is 0 Å². The van der Waals surface area contributed by atoms with Crippen LogP contribution in [0.3, 0.4) is 0 Å². The number of carbonyl (C=O) groups excluding carboxylic acids is 1. The Balaban J connectivity index is 1.79. The van der Waals surface area contributed by atoms with Crippen molar-refractivity contribution in [3.63, 3.8) is 0 Å². The van der Waals surface area contributed by atoms with Crippen LogP contribution in [0.2, 0.25) is 0 Å². The number of nitrogens with two attached hydrogens (primary N) is 1. The van der Waals surface area contributed by atoms with Gasteiger partial charge in [0.25, 0.3) is 0 Å². The van der Waals surface area contributed by atoms with Gasteiger partial charge in [-0.05, 0) is 39.0 Å². The molecule has 2 heterocycles. The highest BCUT2D eigenvalue weighted by molar-refractivity contribution is 5.76. The molecular weight excluding hydrogens is 256 g/mol. The molecule has 4 atom stereocenters. The summed E-state index contributed by atoms with van der Waals surface area (Å²) in [6.45, 7) is 3.38. The van der Waals surface area contributed by atoms with Crippen molar-refractivity contribution in [1.82, 2.24) is 4.90 Å². The van der Waals surface area contributed by atoms with E-state index in [9.17, 15) is 4.79 Å². The van der Waals surface area contributed by atoms with E-state index in [4.69, 9.17) is 15.2 Å². The zero-order valence-corrected chi connectivity index (χ0v) is 12.7. The summed E-state index contributed by atoms with van der Waals surface area (Å²) in [7, 11) is 1.73. The van der Waals surface area contributed by atoms with Gasteiger partial charge in [0.2, 0.25) is 5.91 Å². The first-order valence-corrected chi connectivity index (χ1v) is 7.81. The fourth-order valence-electron chi connectivity index (χ4n) is 3.31. The van der Waals surface area contributed by atoms with E-state index in [1.807, 2.05) is 4.90 Å². The fraction of sp³-hybridized carbons (Fsp3) is 0.933. The van der Waals surface area contributed by atoms with Crippen LogP contribution in [-0.2, 0) is 14.3 Å². The highest BCUT2D eigenvalue weighted by Gasteiger charge is 2.31. The molecule has 0 radical (unpaired) electrons. The van der Waals surface area contributed by atoms with E-state index in [0.717, 1.165) is 38.6 Å². The summed E-state index contributed by atoms with van der Waals surface area (Å²) in [6.07, 6.45) is 6.24. The van der Waals surface area contributed by atoms with Gasteiger partial charge in [-0.1, -0.05) is 0 Å². The monoisotopic (exact) mass is 284 g/mol. The molecule has 0 aromatic carbocycles. The van der Waals surface area contributed by atoms with Crippen LogP contribution in [0.5, 0.6) is 0 Å². The largest absolute Gasteiger partial charge is 0.381 e. The molecule has 0 spiro atoms. The lowest BCUT2D eigenvalue weighted by Gasteiger charge is -2.38. The average Bonchev–Trinajstić information content (AvgIpc) is 2.89. The topological polar surface area (TPSA) is 64.8 Å². The number of rotatable bonds is 5. The SMILES string of the molecule is CO[C@@H]1CCN(C(=O)CC[C@@H]2CC[C@@H](C)O2)[C@H](CN)C1. The molecule has 1 amide bonds. The summed E-state index contributed by atoms with van der Waals surface area (Å²) in [6, 6.07) is 0.129. The summed E-state index contributed by atoms with van der Waals surface area (Å²) in [5, 5.41) is 0. The van der Waals surface area contributed by atoms with Crippen molar-refractivity contribution in [2.45, 2.75) is 69.8 Å². The van der Waals surface area contributed by atoms with Crippen molar-refractivity contribution in [3.05, 3.63) is 0 Å². The van der Waals surface area contributed by atoms with E-state index in [1.165, 1.54) is 0 Å². The number of methoxy groups -OCH3 is 1. The van der Waals surface area contributed by atoms with Crippen LogP contribution >= 0.6 is 0 Å². The molecule has 5 heteroatoms. The van der Waals surface area contributed by atoms with Crippen LogP contribution in [0.15, 0.2) is 0 Å². The first kappa shape index (κ1) is 15.7. The lowest BCUT2D eigenvalue weighted by atomic mass is 9.98. The second kappa shape index (κ2) is 7.38. The summed E-state index contributed by atoms with van der Waals surface area (Å²) < 4.78 is 11.2. The van der Waals surface area contributed by atoms with E-state index in [2.05, 4.69) is 6.92 Å². The zero-order chi connectivity index (χ0) is 14.5. The van der Waals surface area contributed by atoms with Gasteiger partial charge in [0.05, 0.1) is 18.3 Å². The normalized spacial score (nSPS) is 34.5. The minimum atomic E-state index is 0.129. The zero-order valence-electron chi connectivity index (χ0n) is 12.7. The van der Waals surface area contributed by atoms with Gasteiger partial charge in [-0.15, -0.1) is 0 Å². The number of likely N-dealkylation sites (tertiary alicyclic amines) is 1. The van der Waals surface area contributed by atoms with Gasteiger partial charge in [-0.2, -0.15) is 0 Å². The molecule has 2 aliphatic rings. The van der Waals surface area contributed by atoms with Crippen LogP contribution in [-0.4, -0.2) is 55.4 Å². The van der Waals surface area contributed by atoms with Gasteiger partial charge in [0, 0.05) is 32.7 Å². The number of nitrogens with zero attached hydrogens (tertiary/aromatic N) is 1. The molecule has 5 nitrogen and oxygen atoms in total. The first-order valence-electron chi connectivity index (χ1n) is 7.81. The van der Waals surface area contributed by atoms with Crippen LogP contribution in [0, 0.1) is 0 Å². The molecule has 0 bridgehead atoms. The molecule has 0 aromatic heterocycles. The third-order valence-corrected chi connectivity index (χ3v) is 4.59.